The highest BCUT2D eigenvalue weighted by atomic mass is 16.5. The number of furan rings is 1. The summed E-state index contributed by atoms with van der Waals surface area (Å²) in [4.78, 5) is 15.1. The summed E-state index contributed by atoms with van der Waals surface area (Å²) in [7, 11) is 0. The van der Waals surface area contributed by atoms with Crippen molar-refractivity contribution in [2.24, 2.45) is 11.8 Å². The van der Waals surface area contributed by atoms with Crippen molar-refractivity contribution in [3.8, 4) is 0 Å². The third-order valence-corrected chi connectivity index (χ3v) is 6.03. The maximum absolute atomic E-state index is 13.1. The number of nitrogens with zero attached hydrogens (tertiary/aromatic N) is 1. The molecule has 5 rings (SSSR count). The zero-order valence-corrected chi connectivity index (χ0v) is 14.2. The van der Waals surface area contributed by atoms with Crippen molar-refractivity contribution in [2.45, 2.75) is 33.0 Å². The molecule has 3 aliphatic heterocycles. The summed E-state index contributed by atoms with van der Waals surface area (Å²) in [6, 6.07) is 4.14. The molecule has 0 spiro atoms. The molecule has 0 unspecified atom stereocenters. The minimum atomic E-state index is 0.0244. The molecule has 2 saturated heterocycles. The average Bonchev–Trinajstić information content (AvgIpc) is 3.30. The molecule has 2 fully saturated rings. The predicted octanol–water partition coefficient (Wildman–Crippen LogP) is 3.38. The first kappa shape index (κ1) is 14.3. The Balaban J connectivity index is 1.50. The van der Waals surface area contributed by atoms with E-state index in [9.17, 15) is 4.79 Å². The monoisotopic (exact) mass is 323 g/mol. The Morgan fingerprint density at radius 1 is 1.04 bits per heavy atom. The van der Waals surface area contributed by atoms with Gasteiger partial charge in [-0.1, -0.05) is 24.3 Å². The van der Waals surface area contributed by atoms with Crippen LogP contribution in [0.25, 0.3) is 11.0 Å². The molecule has 124 valence electrons. The Kier molecular flexibility index (Phi) is 2.82. The topological polar surface area (TPSA) is 42.7 Å². The lowest BCUT2D eigenvalue weighted by molar-refractivity contribution is 0.0633. The van der Waals surface area contributed by atoms with Gasteiger partial charge in [-0.2, -0.15) is 0 Å². The van der Waals surface area contributed by atoms with E-state index in [2.05, 4.69) is 31.2 Å². The van der Waals surface area contributed by atoms with Gasteiger partial charge in [0.15, 0.2) is 5.76 Å². The molecule has 4 heteroatoms. The molecule has 2 bridgehead atoms. The van der Waals surface area contributed by atoms with Crippen LogP contribution in [0.1, 0.15) is 27.2 Å². The van der Waals surface area contributed by atoms with Crippen LogP contribution in [-0.4, -0.2) is 36.1 Å². The lowest BCUT2D eigenvalue weighted by Gasteiger charge is -2.18. The van der Waals surface area contributed by atoms with Gasteiger partial charge in [-0.05, 0) is 31.9 Å². The second-order valence-electron chi connectivity index (χ2n) is 7.45. The molecule has 24 heavy (non-hydrogen) atoms. The van der Waals surface area contributed by atoms with Crippen molar-refractivity contribution in [1.29, 1.82) is 0 Å². The van der Waals surface area contributed by atoms with E-state index in [0.717, 1.165) is 40.7 Å². The quantitative estimate of drug-likeness (QED) is 0.756. The van der Waals surface area contributed by atoms with Crippen molar-refractivity contribution in [3.63, 3.8) is 0 Å². The number of rotatable bonds is 1. The van der Waals surface area contributed by atoms with Crippen LogP contribution in [0.4, 0.5) is 0 Å². The first-order valence-electron chi connectivity index (χ1n) is 8.67. The van der Waals surface area contributed by atoms with E-state index in [-0.39, 0.29) is 18.1 Å². The van der Waals surface area contributed by atoms with Crippen LogP contribution in [0.3, 0.4) is 0 Å². The van der Waals surface area contributed by atoms with Gasteiger partial charge in [-0.15, -0.1) is 0 Å². The standard InChI is InChI=1S/C20H21NO3/c1-10-4-5-11(2)18-17(10)12(3)19(24-18)20(22)21-8-13-14(9-21)16-7-6-15(13)23-16/h4-7,13-16H,8-9H2,1-3H3/t13-,14-,15+,16+/m0/s1. The van der Waals surface area contributed by atoms with Crippen molar-refractivity contribution < 1.29 is 13.9 Å². The number of carbonyl (C=O) groups is 1. The maximum Gasteiger partial charge on any atom is 0.289 e. The van der Waals surface area contributed by atoms with Crippen LogP contribution in [0.5, 0.6) is 0 Å². The first-order valence-corrected chi connectivity index (χ1v) is 8.67. The number of hydrogen-bond donors (Lipinski definition) is 0. The number of ether oxygens (including phenoxy) is 1. The minimum absolute atomic E-state index is 0.0244. The highest BCUT2D eigenvalue weighted by Crippen LogP contribution is 2.44. The Bertz CT molecular complexity index is 874. The van der Waals surface area contributed by atoms with Crippen molar-refractivity contribution in [3.05, 3.63) is 46.7 Å². The zero-order valence-electron chi connectivity index (χ0n) is 14.2. The number of carbonyl (C=O) groups excluding carboxylic acids is 1. The van der Waals surface area contributed by atoms with Crippen LogP contribution >= 0.6 is 0 Å². The third-order valence-electron chi connectivity index (χ3n) is 6.03. The molecule has 3 aliphatic rings. The summed E-state index contributed by atoms with van der Waals surface area (Å²) < 4.78 is 11.9. The number of aryl methyl sites for hydroxylation is 3. The fourth-order valence-corrected chi connectivity index (χ4v) is 4.72. The summed E-state index contributed by atoms with van der Waals surface area (Å²) in [5, 5.41) is 1.09. The number of benzene rings is 1. The Morgan fingerprint density at radius 3 is 2.29 bits per heavy atom. The number of fused-ring (bicyclic) bond motifs is 6. The van der Waals surface area contributed by atoms with Crippen LogP contribution in [0.15, 0.2) is 28.7 Å². The second-order valence-corrected chi connectivity index (χ2v) is 7.45. The average molecular weight is 323 g/mol. The van der Waals surface area contributed by atoms with Crippen LogP contribution in [0, 0.1) is 32.6 Å². The largest absolute Gasteiger partial charge is 0.450 e. The Morgan fingerprint density at radius 2 is 1.67 bits per heavy atom. The zero-order chi connectivity index (χ0) is 16.6. The molecule has 4 atom stereocenters. The molecule has 0 N–H and O–H groups in total. The molecule has 1 aromatic carbocycles. The summed E-state index contributed by atoms with van der Waals surface area (Å²) in [6.07, 6.45) is 4.69. The van der Waals surface area contributed by atoms with Gasteiger partial charge in [0.05, 0.1) is 12.2 Å². The summed E-state index contributed by atoms with van der Waals surface area (Å²) in [6.45, 7) is 7.63. The Labute approximate surface area is 141 Å². The second kappa shape index (κ2) is 4.73. The molecule has 4 heterocycles. The smallest absolute Gasteiger partial charge is 0.289 e. The molecule has 1 amide bonds. The highest BCUT2D eigenvalue weighted by Gasteiger charge is 2.51. The normalized spacial score (nSPS) is 30.5. The molecule has 0 radical (unpaired) electrons. The van der Waals surface area contributed by atoms with Crippen LogP contribution < -0.4 is 0 Å². The molecule has 1 aromatic heterocycles. The molecular formula is C20H21NO3. The van der Waals surface area contributed by atoms with Crippen molar-refractivity contribution in [2.75, 3.05) is 13.1 Å². The third kappa shape index (κ3) is 1.75. The molecular weight excluding hydrogens is 302 g/mol. The van der Waals surface area contributed by atoms with Gasteiger partial charge in [0.2, 0.25) is 0 Å². The van der Waals surface area contributed by atoms with E-state index in [1.54, 1.807) is 0 Å². The SMILES string of the molecule is Cc1ccc(C)c2c(C)c(C(=O)N3C[C@H]4[C@H](C3)[C@H]3C=C[C@H]4O3)oc12. The van der Waals surface area contributed by atoms with Crippen LogP contribution in [0.2, 0.25) is 0 Å². The van der Waals surface area contributed by atoms with Crippen molar-refractivity contribution in [1.82, 2.24) is 4.90 Å². The minimum Gasteiger partial charge on any atom is -0.450 e. The highest BCUT2D eigenvalue weighted by molar-refractivity contribution is 6.00. The van der Waals surface area contributed by atoms with Crippen LogP contribution in [-0.2, 0) is 4.74 Å². The maximum atomic E-state index is 13.1. The van der Waals surface area contributed by atoms with E-state index >= 15 is 0 Å². The van der Waals surface area contributed by atoms with Gasteiger partial charge in [0.1, 0.15) is 5.58 Å². The fraction of sp³-hybridized carbons (Fsp3) is 0.450. The summed E-state index contributed by atoms with van der Waals surface area (Å²) in [5.74, 6) is 1.41. The number of amides is 1. The van der Waals surface area contributed by atoms with E-state index in [1.165, 1.54) is 0 Å². The van der Waals surface area contributed by atoms with Gasteiger partial charge >= 0.3 is 0 Å². The van der Waals surface area contributed by atoms with E-state index in [4.69, 9.17) is 9.15 Å². The van der Waals surface area contributed by atoms with Gasteiger partial charge in [0, 0.05) is 35.9 Å². The molecule has 4 nitrogen and oxygen atoms in total. The van der Waals surface area contributed by atoms with Gasteiger partial charge in [-0.25, -0.2) is 0 Å². The number of likely N-dealkylation sites (tertiary alicyclic amines) is 1. The summed E-state index contributed by atoms with van der Waals surface area (Å²) in [5.41, 5.74) is 4.04. The van der Waals surface area contributed by atoms with Gasteiger partial charge in [0.25, 0.3) is 5.91 Å². The van der Waals surface area contributed by atoms with E-state index in [1.807, 2.05) is 18.7 Å². The lowest BCUT2D eigenvalue weighted by Crippen LogP contribution is -2.31. The van der Waals surface area contributed by atoms with E-state index in [0.29, 0.717) is 17.6 Å². The first-order chi connectivity index (χ1) is 11.5. The van der Waals surface area contributed by atoms with Gasteiger partial charge < -0.3 is 14.1 Å². The fourth-order valence-electron chi connectivity index (χ4n) is 4.72. The lowest BCUT2D eigenvalue weighted by atomic mass is 9.86. The van der Waals surface area contributed by atoms with Crippen molar-refractivity contribution >= 4 is 16.9 Å². The molecule has 0 aliphatic carbocycles. The van der Waals surface area contributed by atoms with Gasteiger partial charge in [-0.3, -0.25) is 4.79 Å². The number of hydrogen-bond acceptors (Lipinski definition) is 3. The Hall–Kier alpha value is -2.07. The summed E-state index contributed by atoms with van der Waals surface area (Å²) >= 11 is 0. The molecule has 2 aromatic rings. The molecule has 0 saturated carbocycles. The predicted molar refractivity (Wildman–Crippen MR) is 91.1 cm³/mol. The van der Waals surface area contributed by atoms with E-state index < -0.39 is 0 Å².